The Morgan fingerprint density at radius 1 is 1.27 bits per heavy atom. The van der Waals surface area contributed by atoms with Crippen LogP contribution in [-0.4, -0.2) is 40.0 Å². The molecule has 0 bridgehead atoms. The second-order valence-corrected chi connectivity index (χ2v) is 9.55. The van der Waals surface area contributed by atoms with Crippen LogP contribution in [0, 0.1) is 0 Å². The first-order chi connectivity index (χ1) is 14.6. The molecule has 0 saturated carbocycles. The van der Waals surface area contributed by atoms with E-state index in [0.29, 0.717) is 29.0 Å². The number of urea groups is 1. The number of benzene rings is 1. The summed E-state index contributed by atoms with van der Waals surface area (Å²) in [6, 6.07) is 11.4. The second kappa shape index (κ2) is 9.70. The summed E-state index contributed by atoms with van der Waals surface area (Å²) < 4.78 is 6.63. The Balaban J connectivity index is 1.17. The number of nitrogens with zero attached hydrogens (tertiary/aromatic N) is 1. The number of anilines is 1. The highest BCUT2D eigenvalue weighted by Crippen LogP contribution is 2.33. The molecule has 2 aliphatic rings. The summed E-state index contributed by atoms with van der Waals surface area (Å²) in [5.74, 6) is 2.09. The standard InChI is InChI=1S/C21H23BrN4O3S/c22-13-4-3-5-15(10-13)29-19-9-8-14(11-23-19)24-18(27)7-2-1-6-17-20-16(12-30-17)25-21(28)26-20/h3-5,8-11,16-17,20H,1-2,6-7,12H2,(H,24,27)(H2,25,26,28)/t16-,17-,20-/m0/s1. The van der Waals surface area contributed by atoms with Gasteiger partial charge in [-0.25, -0.2) is 9.78 Å². The first-order valence-corrected chi connectivity index (χ1v) is 11.8. The molecule has 2 aliphatic heterocycles. The SMILES string of the molecule is O=C(CCCC[C@@H]1SC[C@@H]2NC(=O)N[C@@H]21)Nc1ccc(Oc2cccc(Br)c2)nc1. The van der Waals surface area contributed by atoms with E-state index in [2.05, 4.69) is 36.9 Å². The lowest BCUT2D eigenvalue weighted by atomic mass is 10.0. The van der Waals surface area contributed by atoms with Crippen molar-refractivity contribution in [2.45, 2.75) is 43.0 Å². The lowest BCUT2D eigenvalue weighted by molar-refractivity contribution is -0.116. The van der Waals surface area contributed by atoms with E-state index in [4.69, 9.17) is 4.74 Å². The smallest absolute Gasteiger partial charge is 0.315 e. The van der Waals surface area contributed by atoms with Gasteiger partial charge in [0.1, 0.15) is 5.75 Å². The van der Waals surface area contributed by atoms with Gasteiger partial charge in [0.25, 0.3) is 0 Å². The highest BCUT2D eigenvalue weighted by Gasteiger charge is 2.42. The monoisotopic (exact) mass is 490 g/mol. The molecule has 7 nitrogen and oxygen atoms in total. The Hall–Kier alpha value is -2.26. The number of ether oxygens (including phenoxy) is 1. The van der Waals surface area contributed by atoms with Gasteiger partial charge in [0, 0.05) is 28.0 Å². The van der Waals surface area contributed by atoms with Gasteiger partial charge in [-0.05, 0) is 37.1 Å². The van der Waals surface area contributed by atoms with Gasteiger partial charge in [0.2, 0.25) is 11.8 Å². The van der Waals surface area contributed by atoms with Crippen molar-refractivity contribution in [3.8, 4) is 11.6 Å². The van der Waals surface area contributed by atoms with E-state index in [1.165, 1.54) is 0 Å². The molecule has 2 fully saturated rings. The largest absolute Gasteiger partial charge is 0.439 e. The zero-order valence-electron chi connectivity index (χ0n) is 16.3. The number of thioether (sulfide) groups is 1. The number of hydrogen-bond acceptors (Lipinski definition) is 5. The van der Waals surface area contributed by atoms with Crippen LogP contribution in [-0.2, 0) is 4.79 Å². The second-order valence-electron chi connectivity index (χ2n) is 7.36. The number of fused-ring (bicyclic) bond motifs is 1. The van der Waals surface area contributed by atoms with Gasteiger partial charge in [-0.2, -0.15) is 11.8 Å². The molecular weight excluding hydrogens is 468 g/mol. The van der Waals surface area contributed by atoms with Gasteiger partial charge >= 0.3 is 6.03 Å². The van der Waals surface area contributed by atoms with E-state index < -0.39 is 0 Å². The van der Waals surface area contributed by atoms with Crippen LogP contribution in [0.15, 0.2) is 47.1 Å². The van der Waals surface area contributed by atoms with Gasteiger partial charge in [-0.1, -0.05) is 28.4 Å². The lowest BCUT2D eigenvalue weighted by Crippen LogP contribution is -2.36. The Labute approximate surface area is 187 Å². The third-order valence-electron chi connectivity index (χ3n) is 5.12. The van der Waals surface area contributed by atoms with Crippen LogP contribution in [0.2, 0.25) is 0 Å². The summed E-state index contributed by atoms with van der Waals surface area (Å²) in [6.45, 7) is 0. The van der Waals surface area contributed by atoms with E-state index in [9.17, 15) is 9.59 Å². The van der Waals surface area contributed by atoms with Crippen LogP contribution in [0.3, 0.4) is 0 Å². The van der Waals surface area contributed by atoms with Gasteiger partial charge in [0.15, 0.2) is 0 Å². The fraction of sp³-hybridized carbons (Fsp3) is 0.381. The van der Waals surface area contributed by atoms with Crippen LogP contribution in [0.1, 0.15) is 25.7 Å². The molecule has 1 aromatic heterocycles. The minimum Gasteiger partial charge on any atom is -0.439 e. The average Bonchev–Trinajstić information content (AvgIpc) is 3.26. The predicted octanol–water partition coefficient (Wildman–Crippen LogP) is 4.30. The molecule has 3 heterocycles. The van der Waals surface area contributed by atoms with Gasteiger partial charge in [0.05, 0.1) is 24.0 Å². The molecule has 3 N–H and O–H groups in total. The number of carbonyl (C=O) groups is 2. The zero-order chi connectivity index (χ0) is 20.9. The summed E-state index contributed by atoms with van der Waals surface area (Å²) >= 11 is 5.30. The van der Waals surface area contributed by atoms with Crippen molar-refractivity contribution in [2.75, 3.05) is 11.1 Å². The summed E-state index contributed by atoms with van der Waals surface area (Å²) in [5.41, 5.74) is 0.649. The minimum atomic E-state index is -0.0589. The summed E-state index contributed by atoms with van der Waals surface area (Å²) in [6.07, 6.45) is 4.84. The number of aromatic nitrogens is 1. The molecule has 2 saturated heterocycles. The molecule has 0 unspecified atom stereocenters. The Morgan fingerprint density at radius 3 is 2.97 bits per heavy atom. The molecular formula is C21H23BrN4O3S. The predicted molar refractivity (Wildman–Crippen MR) is 121 cm³/mol. The number of amides is 3. The van der Waals surface area contributed by atoms with Crippen LogP contribution in [0.4, 0.5) is 10.5 Å². The van der Waals surface area contributed by atoms with E-state index in [-0.39, 0.29) is 24.0 Å². The summed E-state index contributed by atoms with van der Waals surface area (Å²) in [4.78, 5) is 27.9. The molecule has 0 aliphatic carbocycles. The third-order valence-corrected chi connectivity index (χ3v) is 7.12. The molecule has 4 rings (SSSR count). The van der Waals surface area contributed by atoms with Crippen molar-refractivity contribution >= 4 is 45.3 Å². The molecule has 0 radical (unpaired) electrons. The maximum atomic E-state index is 12.2. The fourth-order valence-electron chi connectivity index (χ4n) is 3.66. The quantitative estimate of drug-likeness (QED) is 0.378. The van der Waals surface area contributed by atoms with E-state index in [1.807, 2.05) is 36.0 Å². The molecule has 9 heteroatoms. The first kappa shape index (κ1) is 21.0. The number of rotatable bonds is 8. The number of pyridine rings is 1. The van der Waals surface area contributed by atoms with Crippen molar-refractivity contribution in [3.05, 3.63) is 47.1 Å². The van der Waals surface area contributed by atoms with Crippen LogP contribution in [0.5, 0.6) is 11.6 Å². The number of unbranched alkanes of at least 4 members (excludes halogenated alkanes) is 1. The average molecular weight is 491 g/mol. The summed E-state index contributed by atoms with van der Waals surface area (Å²) in [5, 5.41) is 9.26. The number of halogens is 1. The number of carbonyl (C=O) groups excluding carboxylic acids is 2. The van der Waals surface area contributed by atoms with Crippen molar-refractivity contribution in [1.82, 2.24) is 15.6 Å². The Morgan fingerprint density at radius 2 is 2.17 bits per heavy atom. The number of hydrogen-bond donors (Lipinski definition) is 3. The Bertz CT molecular complexity index is 911. The molecule has 1 aromatic carbocycles. The van der Waals surface area contributed by atoms with Crippen LogP contribution >= 0.6 is 27.7 Å². The fourth-order valence-corrected chi connectivity index (χ4v) is 5.59. The molecule has 3 amide bonds. The molecule has 0 spiro atoms. The van der Waals surface area contributed by atoms with Gasteiger partial charge in [-0.3, -0.25) is 4.79 Å². The first-order valence-electron chi connectivity index (χ1n) is 9.95. The van der Waals surface area contributed by atoms with Gasteiger partial charge in [-0.15, -0.1) is 0 Å². The van der Waals surface area contributed by atoms with Crippen molar-refractivity contribution in [3.63, 3.8) is 0 Å². The van der Waals surface area contributed by atoms with Crippen molar-refractivity contribution in [2.24, 2.45) is 0 Å². The topological polar surface area (TPSA) is 92.4 Å². The van der Waals surface area contributed by atoms with Crippen molar-refractivity contribution in [1.29, 1.82) is 0 Å². The maximum absolute atomic E-state index is 12.2. The Kier molecular flexibility index (Phi) is 6.79. The maximum Gasteiger partial charge on any atom is 0.315 e. The van der Waals surface area contributed by atoms with Crippen molar-refractivity contribution < 1.29 is 14.3 Å². The normalized spacial score (nSPS) is 22.2. The van der Waals surface area contributed by atoms with E-state index in [1.54, 1.807) is 18.3 Å². The minimum absolute atomic E-state index is 0.0229. The van der Waals surface area contributed by atoms with E-state index >= 15 is 0 Å². The zero-order valence-corrected chi connectivity index (χ0v) is 18.7. The molecule has 2 aromatic rings. The highest BCUT2D eigenvalue weighted by molar-refractivity contribution is 9.10. The number of nitrogens with one attached hydrogen (secondary N) is 3. The molecule has 158 valence electrons. The van der Waals surface area contributed by atoms with Crippen LogP contribution in [0.25, 0.3) is 0 Å². The third kappa shape index (κ3) is 5.46. The lowest BCUT2D eigenvalue weighted by Gasteiger charge is -2.16. The molecule has 30 heavy (non-hydrogen) atoms. The summed E-state index contributed by atoms with van der Waals surface area (Å²) in [7, 11) is 0. The van der Waals surface area contributed by atoms with Crippen LogP contribution < -0.4 is 20.7 Å². The van der Waals surface area contributed by atoms with Gasteiger partial charge < -0.3 is 20.7 Å². The highest BCUT2D eigenvalue weighted by atomic mass is 79.9. The molecule has 3 atom stereocenters. The van der Waals surface area contributed by atoms with E-state index in [0.717, 1.165) is 29.5 Å².